The van der Waals surface area contributed by atoms with Gasteiger partial charge in [-0.1, -0.05) is 18.2 Å². The number of fused-ring (bicyclic) bond motifs is 3. The maximum absolute atomic E-state index is 12.5. The number of esters is 1. The van der Waals surface area contributed by atoms with Gasteiger partial charge in [0.05, 0.1) is 29.4 Å². The third-order valence-corrected chi connectivity index (χ3v) is 4.33. The highest BCUT2D eigenvalue weighted by molar-refractivity contribution is 6.11. The van der Waals surface area contributed by atoms with E-state index in [1.807, 2.05) is 61.1 Å². The lowest BCUT2D eigenvalue weighted by Gasteiger charge is -2.11. The fourth-order valence-corrected chi connectivity index (χ4v) is 3.12. The Hall–Kier alpha value is -3.61. The van der Waals surface area contributed by atoms with Gasteiger partial charge < -0.3 is 18.8 Å². The fraction of sp³-hybridized carbons (Fsp3) is 0.190. The van der Waals surface area contributed by atoms with Crippen molar-refractivity contribution in [2.24, 2.45) is 0 Å². The van der Waals surface area contributed by atoms with Gasteiger partial charge in [-0.25, -0.2) is 9.78 Å². The molecule has 0 saturated heterocycles. The topological polar surface area (TPSA) is 69.0 Å². The van der Waals surface area contributed by atoms with Crippen molar-refractivity contribution < 1.29 is 14.3 Å². The van der Waals surface area contributed by atoms with Gasteiger partial charge in [0.2, 0.25) is 11.8 Å². The second-order valence-corrected chi connectivity index (χ2v) is 6.42. The number of pyridine rings is 1. The second-order valence-electron chi connectivity index (χ2n) is 6.42. The molecular formula is C21H20N4O3. The molecule has 3 heterocycles. The van der Waals surface area contributed by atoms with Crippen LogP contribution in [-0.2, 0) is 4.74 Å². The lowest BCUT2D eigenvalue weighted by molar-refractivity contribution is 0.0531. The third-order valence-electron chi connectivity index (χ3n) is 4.33. The van der Waals surface area contributed by atoms with E-state index >= 15 is 0 Å². The highest BCUT2D eigenvalue weighted by atomic mass is 16.5. The minimum atomic E-state index is -0.332. The van der Waals surface area contributed by atoms with Gasteiger partial charge in [-0.05, 0) is 25.1 Å². The molecule has 4 rings (SSSR count). The molecule has 0 bridgehead atoms. The number of carbonyl (C=O) groups is 1. The molecule has 0 amide bonds. The lowest BCUT2D eigenvalue weighted by Crippen LogP contribution is -2.12. The molecule has 0 aliphatic heterocycles. The van der Waals surface area contributed by atoms with Crippen molar-refractivity contribution in [1.82, 2.24) is 14.4 Å². The molecule has 0 N–H and O–H groups in total. The number of nitrogens with zero attached hydrogens (tertiary/aromatic N) is 4. The zero-order chi connectivity index (χ0) is 19.7. The number of hydrogen-bond donors (Lipinski definition) is 0. The van der Waals surface area contributed by atoms with Gasteiger partial charge in [0, 0.05) is 31.7 Å². The highest BCUT2D eigenvalue weighted by Crippen LogP contribution is 2.30. The number of aromatic nitrogens is 3. The highest BCUT2D eigenvalue weighted by Gasteiger charge is 2.19. The largest absolute Gasteiger partial charge is 0.462 e. The molecule has 0 spiro atoms. The van der Waals surface area contributed by atoms with E-state index in [2.05, 4.69) is 9.97 Å². The van der Waals surface area contributed by atoms with Crippen LogP contribution in [0.25, 0.3) is 16.4 Å². The SMILES string of the molecule is CCOC(=O)c1c2ccccc2n2cc(Oc3ccnc(N(C)C)n3)ccc12. The van der Waals surface area contributed by atoms with Crippen molar-refractivity contribution in [3.63, 3.8) is 0 Å². The summed E-state index contributed by atoms with van der Waals surface area (Å²) >= 11 is 0. The van der Waals surface area contributed by atoms with E-state index in [1.165, 1.54) is 0 Å². The van der Waals surface area contributed by atoms with E-state index in [-0.39, 0.29) is 5.97 Å². The summed E-state index contributed by atoms with van der Waals surface area (Å²) in [5.74, 6) is 1.28. The Morgan fingerprint density at radius 3 is 2.71 bits per heavy atom. The number of rotatable bonds is 5. The van der Waals surface area contributed by atoms with Gasteiger partial charge in [-0.3, -0.25) is 0 Å². The molecule has 4 aromatic rings. The number of carbonyl (C=O) groups excluding carboxylic acids is 1. The molecule has 7 heteroatoms. The molecule has 0 atom stereocenters. The zero-order valence-corrected chi connectivity index (χ0v) is 15.9. The van der Waals surface area contributed by atoms with Crippen LogP contribution in [0.15, 0.2) is 54.9 Å². The molecule has 0 saturated carbocycles. The summed E-state index contributed by atoms with van der Waals surface area (Å²) in [6.45, 7) is 2.13. The number of benzene rings is 1. The van der Waals surface area contributed by atoms with Crippen LogP contribution < -0.4 is 9.64 Å². The molecule has 3 aromatic heterocycles. The van der Waals surface area contributed by atoms with Gasteiger partial charge in [-0.15, -0.1) is 0 Å². The first kappa shape index (κ1) is 17.8. The minimum absolute atomic E-state index is 0.327. The number of anilines is 1. The average molecular weight is 376 g/mol. The molecule has 0 unspecified atom stereocenters. The van der Waals surface area contributed by atoms with Gasteiger partial charge in [0.15, 0.2) is 0 Å². The lowest BCUT2D eigenvalue weighted by atomic mass is 10.1. The van der Waals surface area contributed by atoms with E-state index in [9.17, 15) is 4.79 Å². The van der Waals surface area contributed by atoms with Gasteiger partial charge >= 0.3 is 5.97 Å². The number of para-hydroxylation sites is 1. The summed E-state index contributed by atoms with van der Waals surface area (Å²) in [4.78, 5) is 22.9. The second kappa shape index (κ2) is 7.19. The Bertz CT molecular complexity index is 1170. The molecule has 28 heavy (non-hydrogen) atoms. The molecule has 142 valence electrons. The van der Waals surface area contributed by atoms with Crippen LogP contribution in [0.4, 0.5) is 5.95 Å². The first-order valence-electron chi connectivity index (χ1n) is 8.96. The standard InChI is InChI=1S/C21H20N4O3/c1-4-27-20(26)19-15-7-5-6-8-16(15)25-13-14(9-10-17(19)25)28-18-11-12-22-21(23-18)24(2)3/h5-13H,4H2,1-3H3. The molecule has 0 aliphatic carbocycles. The minimum Gasteiger partial charge on any atom is -0.462 e. The van der Waals surface area contributed by atoms with Crippen LogP contribution in [-0.4, -0.2) is 41.0 Å². The summed E-state index contributed by atoms with van der Waals surface area (Å²) in [7, 11) is 3.74. The van der Waals surface area contributed by atoms with Crippen LogP contribution in [0.3, 0.4) is 0 Å². The van der Waals surface area contributed by atoms with Crippen LogP contribution in [0, 0.1) is 0 Å². The monoisotopic (exact) mass is 376 g/mol. The summed E-state index contributed by atoms with van der Waals surface area (Å²) in [6, 6.07) is 13.1. The quantitative estimate of drug-likeness (QED) is 0.492. The van der Waals surface area contributed by atoms with Crippen molar-refractivity contribution in [3.8, 4) is 11.6 Å². The maximum Gasteiger partial charge on any atom is 0.340 e. The van der Waals surface area contributed by atoms with Crippen LogP contribution in [0.2, 0.25) is 0 Å². The molecule has 1 aromatic carbocycles. The Balaban J connectivity index is 1.80. The third kappa shape index (κ3) is 3.11. The Kier molecular flexibility index (Phi) is 4.57. The van der Waals surface area contributed by atoms with Crippen molar-refractivity contribution in [3.05, 3.63) is 60.4 Å². The Morgan fingerprint density at radius 1 is 1.11 bits per heavy atom. The smallest absolute Gasteiger partial charge is 0.340 e. The van der Waals surface area contributed by atoms with E-state index < -0.39 is 0 Å². The summed E-state index contributed by atoms with van der Waals surface area (Å²) in [5, 5.41) is 0.843. The van der Waals surface area contributed by atoms with E-state index in [4.69, 9.17) is 9.47 Å². The van der Waals surface area contributed by atoms with E-state index in [0.717, 1.165) is 16.4 Å². The van der Waals surface area contributed by atoms with Crippen LogP contribution >= 0.6 is 0 Å². The van der Waals surface area contributed by atoms with Gasteiger partial charge in [0.25, 0.3) is 0 Å². The van der Waals surface area contributed by atoms with Crippen LogP contribution in [0.5, 0.6) is 11.6 Å². The number of ether oxygens (including phenoxy) is 2. The van der Waals surface area contributed by atoms with Crippen molar-refractivity contribution in [2.75, 3.05) is 25.6 Å². The Morgan fingerprint density at radius 2 is 1.93 bits per heavy atom. The normalized spacial score (nSPS) is 11.0. The molecule has 0 aliphatic rings. The predicted octanol–water partition coefficient (Wildman–Crippen LogP) is 3.92. The average Bonchev–Trinajstić information content (AvgIpc) is 3.02. The summed E-state index contributed by atoms with van der Waals surface area (Å²) in [5.41, 5.74) is 2.23. The van der Waals surface area contributed by atoms with Crippen molar-refractivity contribution in [1.29, 1.82) is 0 Å². The maximum atomic E-state index is 12.5. The summed E-state index contributed by atoms with van der Waals surface area (Å²) in [6.07, 6.45) is 3.50. The van der Waals surface area contributed by atoms with Crippen molar-refractivity contribution in [2.45, 2.75) is 6.92 Å². The van der Waals surface area contributed by atoms with Gasteiger partial charge in [-0.2, -0.15) is 4.98 Å². The molecular weight excluding hydrogens is 356 g/mol. The predicted molar refractivity (Wildman–Crippen MR) is 107 cm³/mol. The first-order chi connectivity index (χ1) is 13.6. The van der Waals surface area contributed by atoms with Gasteiger partial charge in [0.1, 0.15) is 5.75 Å². The van der Waals surface area contributed by atoms with E-state index in [0.29, 0.717) is 29.7 Å². The zero-order valence-electron chi connectivity index (χ0n) is 15.9. The molecule has 0 fully saturated rings. The number of hydrogen-bond acceptors (Lipinski definition) is 6. The Labute approximate surface area is 162 Å². The first-order valence-corrected chi connectivity index (χ1v) is 8.96. The molecule has 0 radical (unpaired) electrons. The molecule has 7 nitrogen and oxygen atoms in total. The van der Waals surface area contributed by atoms with E-state index in [1.54, 1.807) is 24.1 Å². The van der Waals surface area contributed by atoms with Crippen LogP contribution in [0.1, 0.15) is 17.3 Å². The van der Waals surface area contributed by atoms with Crippen molar-refractivity contribution >= 4 is 28.3 Å². The fourth-order valence-electron chi connectivity index (χ4n) is 3.12. The summed E-state index contributed by atoms with van der Waals surface area (Å²) < 4.78 is 13.1.